The molecule has 0 amide bonds. The Morgan fingerprint density at radius 2 is 1.26 bits per heavy atom. The predicted molar refractivity (Wildman–Crippen MR) is 119 cm³/mol. The average molecular weight is 433 g/mol. The molecule has 0 N–H and O–H groups in total. The van der Waals surface area contributed by atoms with Crippen molar-refractivity contribution in [3.05, 3.63) is 131 Å². The van der Waals surface area contributed by atoms with Gasteiger partial charge in [0.25, 0.3) is 0 Å². The molecule has 0 aliphatic rings. The largest absolute Gasteiger partial charge is 0.376 e. The van der Waals surface area contributed by atoms with Crippen LogP contribution in [0.2, 0.25) is 0 Å². The standard InChI is InChI=1S/C26H21FO3S/c1-19-12-15-23(16-13-19)31(28,29)30-25-17-14-22(18-24(25)27)26(20-8-4-2-5-9-20)21-10-6-3-7-11-21/h2-18,26H,1H3. The second kappa shape index (κ2) is 8.74. The molecule has 0 heterocycles. The van der Waals surface area contributed by atoms with Crippen LogP contribution in [0.4, 0.5) is 4.39 Å². The smallest absolute Gasteiger partial charge is 0.339 e. The molecule has 0 aliphatic carbocycles. The summed E-state index contributed by atoms with van der Waals surface area (Å²) in [4.78, 5) is -0.0203. The minimum Gasteiger partial charge on any atom is -0.376 e. The van der Waals surface area contributed by atoms with E-state index in [1.807, 2.05) is 67.6 Å². The van der Waals surface area contributed by atoms with Gasteiger partial charge in [-0.2, -0.15) is 8.42 Å². The molecule has 4 aromatic rings. The van der Waals surface area contributed by atoms with Crippen molar-refractivity contribution in [3.8, 4) is 5.75 Å². The van der Waals surface area contributed by atoms with E-state index in [1.165, 1.54) is 24.3 Å². The molecule has 0 aliphatic heterocycles. The summed E-state index contributed by atoms with van der Waals surface area (Å²) >= 11 is 0. The Hall–Kier alpha value is -3.44. The molecule has 31 heavy (non-hydrogen) atoms. The first-order valence-corrected chi connectivity index (χ1v) is 11.3. The summed E-state index contributed by atoms with van der Waals surface area (Å²) in [5.74, 6) is -1.26. The lowest BCUT2D eigenvalue weighted by Gasteiger charge is -2.19. The van der Waals surface area contributed by atoms with Gasteiger partial charge in [0.2, 0.25) is 0 Å². The summed E-state index contributed by atoms with van der Waals surface area (Å²) < 4.78 is 45.1. The maximum absolute atomic E-state index is 15.0. The van der Waals surface area contributed by atoms with Gasteiger partial charge < -0.3 is 4.18 Å². The van der Waals surface area contributed by atoms with Gasteiger partial charge in [0.1, 0.15) is 4.90 Å². The van der Waals surface area contributed by atoms with Crippen LogP contribution in [-0.4, -0.2) is 8.42 Å². The van der Waals surface area contributed by atoms with Crippen molar-refractivity contribution < 1.29 is 17.0 Å². The minimum absolute atomic E-state index is 0.0203. The fourth-order valence-corrected chi connectivity index (χ4v) is 4.44. The number of aryl methyl sites for hydroxylation is 1. The highest BCUT2D eigenvalue weighted by atomic mass is 32.2. The quantitative estimate of drug-likeness (QED) is 0.274. The summed E-state index contributed by atoms with van der Waals surface area (Å²) in [5, 5.41) is 0. The van der Waals surface area contributed by atoms with Gasteiger partial charge in [-0.15, -0.1) is 0 Å². The summed E-state index contributed by atoms with van der Waals surface area (Å²) in [6.07, 6.45) is 0. The van der Waals surface area contributed by atoms with Gasteiger partial charge in [-0.1, -0.05) is 84.4 Å². The maximum Gasteiger partial charge on any atom is 0.339 e. The Kier molecular flexibility index (Phi) is 5.87. The highest BCUT2D eigenvalue weighted by Crippen LogP contribution is 2.34. The van der Waals surface area contributed by atoms with Crippen molar-refractivity contribution in [1.29, 1.82) is 0 Å². The van der Waals surface area contributed by atoms with Crippen LogP contribution in [0.25, 0.3) is 0 Å². The topological polar surface area (TPSA) is 43.4 Å². The van der Waals surface area contributed by atoms with Gasteiger partial charge >= 0.3 is 10.1 Å². The van der Waals surface area contributed by atoms with E-state index in [-0.39, 0.29) is 16.6 Å². The van der Waals surface area contributed by atoms with E-state index in [2.05, 4.69) is 0 Å². The van der Waals surface area contributed by atoms with Crippen molar-refractivity contribution in [3.63, 3.8) is 0 Å². The molecule has 0 fully saturated rings. The van der Waals surface area contributed by atoms with Crippen molar-refractivity contribution in [2.45, 2.75) is 17.7 Å². The Bertz CT molecular complexity index is 1230. The van der Waals surface area contributed by atoms with E-state index in [0.29, 0.717) is 5.56 Å². The van der Waals surface area contributed by atoms with E-state index in [4.69, 9.17) is 4.18 Å². The normalized spacial score (nSPS) is 11.5. The first-order chi connectivity index (χ1) is 14.9. The first-order valence-electron chi connectivity index (χ1n) is 9.84. The van der Waals surface area contributed by atoms with Crippen molar-refractivity contribution in [1.82, 2.24) is 0 Å². The zero-order chi connectivity index (χ0) is 21.8. The van der Waals surface area contributed by atoms with Gasteiger partial charge in [-0.05, 0) is 47.9 Å². The van der Waals surface area contributed by atoms with Crippen LogP contribution in [0.15, 0.2) is 108 Å². The van der Waals surface area contributed by atoms with Gasteiger partial charge in [0, 0.05) is 5.92 Å². The Labute approximate surface area is 181 Å². The van der Waals surface area contributed by atoms with Crippen LogP contribution in [-0.2, 0) is 10.1 Å². The monoisotopic (exact) mass is 432 g/mol. The molecule has 0 atom stereocenters. The second-order valence-corrected chi connectivity index (χ2v) is 8.84. The Morgan fingerprint density at radius 1 is 0.710 bits per heavy atom. The van der Waals surface area contributed by atoms with Crippen LogP contribution in [0.5, 0.6) is 5.75 Å². The zero-order valence-electron chi connectivity index (χ0n) is 16.9. The number of halogens is 1. The highest BCUT2D eigenvalue weighted by molar-refractivity contribution is 7.87. The molecule has 0 bridgehead atoms. The second-order valence-electron chi connectivity index (χ2n) is 7.29. The molecule has 0 saturated carbocycles. The van der Waals surface area contributed by atoms with E-state index in [1.54, 1.807) is 18.2 Å². The lowest BCUT2D eigenvalue weighted by atomic mass is 9.85. The summed E-state index contributed by atoms with van der Waals surface area (Å²) in [6.45, 7) is 1.85. The molecule has 5 heteroatoms. The van der Waals surface area contributed by atoms with Gasteiger partial charge in [-0.3, -0.25) is 0 Å². The number of hydrogen-bond donors (Lipinski definition) is 0. The number of hydrogen-bond acceptors (Lipinski definition) is 3. The van der Waals surface area contributed by atoms with E-state index < -0.39 is 15.9 Å². The van der Waals surface area contributed by atoms with Crippen LogP contribution >= 0.6 is 0 Å². The Balaban J connectivity index is 1.69. The third kappa shape index (κ3) is 4.67. The van der Waals surface area contributed by atoms with Crippen molar-refractivity contribution >= 4 is 10.1 Å². The Morgan fingerprint density at radius 3 is 1.77 bits per heavy atom. The molecule has 4 rings (SSSR count). The van der Waals surface area contributed by atoms with Crippen molar-refractivity contribution in [2.75, 3.05) is 0 Å². The molecule has 0 saturated heterocycles. The van der Waals surface area contributed by atoms with Crippen LogP contribution in [0.3, 0.4) is 0 Å². The molecule has 156 valence electrons. The average Bonchev–Trinajstić information content (AvgIpc) is 2.77. The fourth-order valence-electron chi connectivity index (χ4n) is 3.50. The fraction of sp³-hybridized carbons (Fsp3) is 0.0769. The molecule has 0 radical (unpaired) electrons. The van der Waals surface area contributed by atoms with Crippen molar-refractivity contribution in [2.24, 2.45) is 0 Å². The third-order valence-electron chi connectivity index (χ3n) is 5.06. The van der Waals surface area contributed by atoms with E-state index in [9.17, 15) is 12.8 Å². The van der Waals surface area contributed by atoms with E-state index >= 15 is 0 Å². The highest BCUT2D eigenvalue weighted by Gasteiger charge is 2.22. The maximum atomic E-state index is 15.0. The van der Waals surface area contributed by atoms with Gasteiger partial charge in [0.15, 0.2) is 11.6 Å². The summed E-state index contributed by atoms with van der Waals surface area (Å²) in [5.41, 5.74) is 3.64. The first kappa shape index (κ1) is 20.8. The van der Waals surface area contributed by atoms with Crippen LogP contribution in [0.1, 0.15) is 28.2 Å². The number of benzene rings is 4. The van der Waals surface area contributed by atoms with Crippen LogP contribution < -0.4 is 4.18 Å². The molecule has 4 aromatic carbocycles. The molecule has 3 nitrogen and oxygen atoms in total. The van der Waals surface area contributed by atoms with Crippen LogP contribution in [0, 0.1) is 12.7 Å². The molecule has 0 aromatic heterocycles. The van der Waals surface area contributed by atoms with Gasteiger partial charge in [-0.25, -0.2) is 4.39 Å². The lowest BCUT2D eigenvalue weighted by Crippen LogP contribution is -2.11. The molecule has 0 spiro atoms. The molecule has 0 unspecified atom stereocenters. The predicted octanol–water partition coefficient (Wildman–Crippen LogP) is 6.08. The molecular weight excluding hydrogens is 411 g/mol. The van der Waals surface area contributed by atoms with Gasteiger partial charge in [0.05, 0.1) is 0 Å². The lowest BCUT2D eigenvalue weighted by molar-refractivity contribution is 0.461. The minimum atomic E-state index is -4.13. The SMILES string of the molecule is Cc1ccc(S(=O)(=O)Oc2ccc(C(c3ccccc3)c3ccccc3)cc2F)cc1. The summed E-state index contributed by atoms with van der Waals surface area (Å²) in [6, 6.07) is 30.2. The molecular formula is C26H21FO3S. The van der Waals surface area contributed by atoms with E-state index in [0.717, 1.165) is 16.7 Å². The zero-order valence-corrected chi connectivity index (χ0v) is 17.7. The summed E-state index contributed by atoms with van der Waals surface area (Å²) in [7, 11) is -4.13. The number of rotatable bonds is 6. The third-order valence-corrected chi connectivity index (χ3v) is 6.31.